The normalized spacial score (nSPS) is 12.7. The first-order valence-corrected chi connectivity index (χ1v) is 2.86. The summed E-state index contributed by atoms with van der Waals surface area (Å²) in [5.74, 6) is 0. The molecule has 0 rings (SSSR count). The van der Waals surface area contributed by atoms with Gasteiger partial charge < -0.3 is 9.62 Å². The number of rotatable bonds is 5. The Hall–Kier alpha value is -0.540. The van der Waals surface area contributed by atoms with Gasteiger partial charge in [0.1, 0.15) is 6.26 Å². The molecule has 0 saturated heterocycles. The van der Waals surface area contributed by atoms with Crippen LogP contribution in [0.1, 0.15) is 13.8 Å². The van der Waals surface area contributed by atoms with E-state index in [1.54, 1.807) is 6.92 Å². The third-order valence-electron chi connectivity index (χ3n) is 0.660. The van der Waals surface area contributed by atoms with E-state index in [0.717, 1.165) is 0 Å². The zero-order chi connectivity index (χ0) is 7.11. The average molecular weight is 132 g/mol. The summed E-state index contributed by atoms with van der Waals surface area (Å²) in [6.07, 6.45) is 0.878. The van der Waals surface area contributed by atoms with E-state index in [2.05, 4.69) is 16.4 Å². The standard InChI is InChI=1S/C6H12O3/c1-4-7-6(3)9-8-5-2/h5-6H,2,4H2,1,3H3. The molecule has 0 radical (unpaired) electrons. The lowest BCUT2D eigenvalue weighted by molar-refractivity contribution is -0.340. The molecular formula is C6H12O3. The fourth-order valence-corrected chi connectivity index (χ4v) is 0.380. The summed E-state index contributed by atoms with van der Waals surface area (Å²) in [7, 11) is 0. The van der Waals surface area contributed by atoms with E-state index in [1.807, 2.05) is 6.92 Å². The third kappa shape index (κ3) is 5.33. The van der Waals surface area contributed by atoms with Gasteiger partial charge in [0.25, 0.3) is 0 Å². The smallest absolute Gasteiger partial charge is 0.200 e. The summed E-state index contributed by atoms with van der Waals surface area (Å²) < 4.78 is 4.95. The molecule has 0 amide bonds. The monoisotopic (exact) mass is 132 g/mol. The van der Waals surface area contributed by atoms with Crippen molar-refractivity contribution in [3.63, 3.8) is 0 Å². The lowest BCUT2D eigenvalue weighted by Crippen LogP contribution is -2.11. The van der Waals surface area contributed by atoms with Gasteiger partial charge in [-0.3, -0.25) is 0 Å². The SMILES string of the molecule is C=COOC(C)OCC. The molecule has 0 aliphatic heterocycles. The summed E-state index contributed by atoms with van der Waals surface area (Å²) >= 11 is 0. The molecule has 0 aliphatic carbocycles. The molecule has 0 aliphatic rings. The average Bonchev–Trinajstić information content (AvgIpc) is 1.85. The first-order valence-electron chi connectivity index (χ1n) is 2.86. The van der Waals surface area contributed by atoms with Gasteiger partial charge in [-0.25, -0.2) is 0 Å². The fraction of sp³-hybridized carbons (Fsp3) is 0.667. The molecule has 3 nitrogen and oxygen atoms in total. The Morgan fingerprint density at radius 2 is 2.33 bits per heavy atom. The van der Waals surface area contributed by atoms with Crippen LogP contribution in [0.25, 0.3) is 0 Å². The molecular weight excluding hydrogens is 120 g/mol. The van der Waals surface area contributed by atoms with Crippen molar-refractivity contribution < 1.29 is 14.5 Å². The number of hydrogen-bond acceptors (Lipinski definition) is 3. The van der Waals surface area contributed by atoms with E-state index in [9.17, 15) is 0 Å². The minimum Gasteiger partial charge on any atom is -0.349 e. The zero-order valence-electron chi connectivity index (χ0n) is 5.79. The molecule has 0 heterocycles. The summed E-state index contributed by atoms with van der Waals surface area (Å²) in [6.45, 7) is 7.53. The molecule has 0 aromatic heterocycles. The molecule has 9 heavy (non-hydrogen) atoms. The first kappa shape index (κ1) is 8.46. The summed E-state index contributed by atoms with van der Waals surface area (Å²) in [6, 6.07) is 0. The van der Waals surface area contributed by atoms with Crippen LogP contribution in [0.5, 0.6) is 0 Å². The van der Waals surface area contributed by atoms with Crippen molar-refractivity contribution in [1.29, 1.82) is 0 Å². The molecule has 0 spiro atoms. The van der Waals surface area contributed by atoms with Gasteiger partial charge >= 0.3 is 0 Å². The van der Waals surface area contributed by atoms with Gasteiger partial charge in [0.15, 0.2) is 6.29 Å². The Balaban J connectivity index is 3.04. The van der Waals surface area contributed by atoms with Crippen LogP contribution in [-0.4, -0.2) is 12.9 Å². The van der Waals surface area contributed by atoms with Gasteiger partial charge in [0, 0.05) is 6.61 Å². The molecule has 54 valence electrons. The van der Waals surface area contributed by atoms with Crippen LogP contribution in [0.2, 0.25) is 0 Å². The highest BCUT2D eigenvalue weighted by atomic mass is 17.2. The molecule has 0 saturated carbocycles. The largest absolute Gasteiger partial charge is 0.349 e. The van der Waals surface area contributed by atoms with Crippen LogP contribution < -0.4 is 0 Å². The predicted molar refractivity (Wildman–Crippen MR) is 33.5 cm³/mol. The highest BCUT2D eigenvalue weighted by molar-refractivity contribution is 4.42. The van der Waals surface area contributed by atoms with Crippen molar-refractivity contribution >= 4 is 0 Å². The van der Waals surface area contributed by atoms with Crippen LogP contribution in [0.3, 0.4) is 0 Å². The van der Waals surface area contributed by atoms with Gasteiger partial charge in [-0.1, -0.05) is 6.58 Å². The highest BCUT2D eigenvalue weighted by Gasteiger charge is 1.98. The van der Waals surface area contributed by atoms with E-state index in [0.29, 0.717) is 6.61 Å². The van der Waals surface area contributed by atoms with Crippen LogP contribution in [0.15, 0.2) is 12.8 Å². The minimum atomic E-state index is -0.326. The molecule has 1 unspecified atom stereocenters. The predicted octanol–water partition coefficient (Wildman–Crippen LogP) is 1.46. The Morgan fingerprint density at radius 1 is 1.67 bits per heavy atom. The quantitative estimate of drug-likeness (QED) is 0.245. The maximum absolute atomic E-state index is 4.95. The lowest BCUT2D eigenvalue weighted by atomic mass is 10.7. The first-order chi connectivity index (χ1) is 4.31. The number of ether oxygens (including phenoxy) is 1. The topological polar surface area (TPSA) is 27.7 Å². The van der Waals surface area contributed by atoms with Crippen LogP contribution >= 0.6 is 0 Å². The zero-order valence-corrected chi connectivity index (χ0v) is 5.79. The van der Waals surface area contributed by atoms with Gasteiger partial charge in [-0.05, 0) is 13.8 Å². The van der Waals surface area contributed by atoms with Crippen molar-refractivity contribution in [1.82, 2.24) is 0 Å². The Kier molecular flexibility index (Phi) is 5.26. The van der Waals surface area contributed by atoms with E-state index in [4.69, 9.17) is 4.74 Å². The van der Waals surface area contributed by atoms with Gasteiger partial charge in [0.05, 0.1) is 0 Å². The third-order valence-corrected chi connectivity index (χ3v) is 0.660. The minimum absolute atomic E-state index is 0.326. The fourth-order valence-electron chi connectivity index (χ4n) is 0.380. The molecule has 0 fully saturated rings. The Morgan fingerprint density at radius 3 is 2.78 bits per heavy atom. The highest BCUT2D eigenvalue weighted by Crippen LogP contribution is 1.92. The van der Waals surface area contributed by atoms with Crippen molar-refractivity contribution in [3.8, 4) is 0 Å². The van der Waals surface area contributed by atoms with Crippen LogP contribution in [0.4, 0.5) is 0 Å². The van der Waals surface area contributed by atoms with Gasteiger partial charge in [0.2, 0.25) is 0 Å². The molecule has 1 atom stereocenters. The molecule has 0 bridgehead atoms. The van der Waals surface area contributed by atoms with Crippen molar-refractivity contribution in [2.75, 3.05) is 6.61 Å². The molecule has 3 heteroatoms. The summed E-state index contributed by atoms with van der Waals surface area (Å²) in [5, 5.41) is 0. The maximum Gasteiger partial charge on any atom is 0.200 e. The summed E-state index contributed by atoms with van der Waals surface area (Å²) in [4.78, 5) is 8.98. The van der Waals surface area contributed by atoms with Gasteiger partial charge in [-0.2, -0.15) is 4.89 Å². The van der Waals surface area contributed by atoms with E-state index in [-0.39, 0.29) is 6.29 Å². The summed E-state index contributed by atoms with van der Waals surface area (Å²) in [5.41, 5.74) is 0. The van der Waals surface area contributed by atoms with E-state index in [1.165, 1.54) is 6.26 Å². The Labute approximate surface area is 55.1 Å². The van der Waals surface area contributed by atoms with Crippen LogP contribution in [0, 0.1) is 0 Å². The molecule has 0 aromatic rings. The van der Waals surface area contributed by atoms with Crippen molar-refractivity contribution in [2.45, 2.75) is 20.1 Å². The van der Waals surface area contributed by atoms with E-state index < -0.39 is 0 Å². The molecule has 0 N–H and O–H groups in total. The van der Waals surface area contributed by atoms with Crippen molar-refractivity contribution in [3.05, 3.63) is 12.8 Å². The lowest BCUT2D eigenvalue weighted by Gasteiger charge is -2.08. The van der Waals surface area contributed by atoms with E-state index >= 15 is 0 Å². The Bertz CT molecular complexity index is 72.7. The van der Waals surface area contributed by atoms with Crippen LogP contribution in [-0.2, 0) is 14.5 Å². The second-order valence-corrected chi connectivity index (χ2v) is 1.38. The van der Waals surface area contributed by atoms with Crippen molar-refractivity contribution in [2.24, 2.45) is 0 Å². The second kappa shape index (κ2) is 5.59. The van der Waals surface area contributed by atoms with Gasteiger partial charge in [-0.15, -0.1) is 0 Å². The number of hydrogen-bond donors (Lipinski definition) is 0. The molecule has 0 aromatic carbocycles. The second-order valence-electron chi connectivity index (χ2n) is 1.38. The maximum atomic E-state index is 4.95.